The summed E-state index contributed by atoms with van der Waals surface area (Å²) in [7, 11) is 2.06. The SMILES string of the molecule is Cn1ccnc1[C@H](c1ccccc1)N1CCN(C(=O)C2[C@@H]3CCCC[C@@H]23)CC1. The van der Waals surface area contributed by atoms with E-state index in [2.05, 4.69) is 56.7 Å². The number of aromatic nitrogens is 2. The Hall–Kier alpha value is -2.14. The van der Waals surface area contributed by atoms with Crippen LogP contribution in [0.25, 0.3) is 0 Å². The summed E-state index contributed by atoms with van der Waals surface area (Å²) in [5, 5.41) is 0. The molecule has 1 aliphatic heterocycles. The maximum atomic E-state index is 13.0. The van der Waals surface area contributed by atoms with Gasteiger partial charge in [0.05, 0.1) is 6.04 Å². The summed E-state index contributed by atoms with van der Waals surface area (Å²) in [5.74, 6) is 3.24. The van der Waals surface area contributed by atoms with Gasteiger partial charge in [-0.1, -0.05) is 43.2 Å². The summed E-state index contributed by atoms with van der Waals surface area (Å²) in [4.78, 5) is 22.3. The molecule has 148 valence electrons. The van der Waals surface area contributed by atoms with Crippen molar-refractivity contribution in [1.82, 2.24) is 19.4 Å². The van der Waals surface area contributed by atoms with Gasteiger partial charge in [-0.05, 0) is 30.2 Å². The van der Waals surface area contributed by atoms with Crippen LogP contribution in [0.1, 0.15) is 43.1 Å². The highest BCUT2D eigenvalue weighted by atomic mass is 16.2. The van der Waals surface area contributed by atoms with Gasteiger partial charge in [-0.3, -0.25) is 9.69 Å². The fraction of sp³-hybridized carbons (Fsp3) is 0.565. The average Bonchev–Trinajstić information content (AvgIpc) is 3.34. The highest BCUT2D eigenvalue weighted by Crippen LogP contribution is 2.56. The Morgan fingerprint density at radius 2 is 1.71 bits per heavy atom. The van der Waals surface area contributed by atoms with Crippen molar-refractivity contribution in [2.75, 3.05) is 26.2 Å². The Morgan fingerprint density at radius 1 is 1.04 bits per heavy atom. The van der Waals surface area contributed by atoms with Crippen LogP contribution in [-0.4, -0.2) is 51.4 Å². The first kappa shape index (κ1) is 17.9. The Labute approximate surface area is 167 Å². The molecular formula is C23H30N4O. The van der Waals surface area contributed by atoms with Gasteiger partial charge < -0.3 is 9.47 Å². The third-order valence-corrected chi connectivity index (χ3v) is 7.15. The quantitative estimate of drug-likeness (QED) is 0.821. The molecule has 3 atom stereocenters. The first-order chi connectivity index (χ1) is 13.7. The van der Waals surface area contributed by atoms with E-state index in [-0.39, 0.29) is 6.04 Å². The number of imidazole rings is 1. The summed E-state index contributed by atoms with van der Waals surface area (Å²) in [6, 6.07) is 10.8. The van der Waals surface area contributed by atoms with Crippen molar-refractivity contribution in [3.8, 4) is 0 Å². The number of nitrogens with zero attached hydrogens (tertiary/aromatic N) is 4. The molecule has 2 saturated carbocycles. The lowest BCUT2D eigenvalue weighted by Crippen LogP contribution is -2.50. The van der Waals surface area contributed by atoms with Gasteiger partial charge in [0.1, 0.15) is 5.82 Å². The van der Waals surface area contributed by atoms with E-state index in [1.807, 2.05) is 12.4 Å². The highest BCUT2D eigenvalue weighted by molar-refractivity contribution is 5.82. The Bertz CT molecular complexity index is 812. The van der Waals surface area contributed by atoms with E-state index in [0.29, 0.717) is 23.7 Å². The van der Waals surface area contributed by atoms with Crippen LogP contribution < -0.4 is 0 Å². The number of aryl methyl sites for hydroxylation is 1. The molecule has 0 N–H and O–H groups in total. The van der Waals surface area contributed by atoms with Crippen LogP contribution in [0.2, 0.25) is 0 Å². The predicted octanol–water partition coefficient (Wildman–Crippen LogP) is 3.09. The van der Waals surface area contributed by atoms with Crippen LogP contribution in [0.3, 0.4) is 0 Å². The Kier molecular flexibility index (Phi) is 4.71. The molecule has 5 heteroatoms. The lowest BCUT2D eigenvalue weighted by molar-refractivity contribution is -0.135. The molecule has 1 aromatic heterocycles. The average molecular weight is 379 g/mol. The second-order valence-corrected chi connectivity index (χ2v) is 8.71. The number of benzene rings is 1. The molecule has 0 unspecified atom stereocenters. The van der Waals surface area contributed by atoms with Gasteiger partial charge >= 0.3 is 0 Å². The van der Waals surface area contributed by atoms with Crippen molar-refractivity contribution in [3.63, 3.8) is 0 Å². The minimum atomic E-state index is 0.141. The number of piperazine rings is 1. The number of rotatable bonds is 4. The summed E-state index contributed by atoms with van der Waals surface area (Å²) >= 11 is 0. The molecule has 0 spiro atoms. The second-order valence-electron chi connectivity index (χ2n) is 8.71. The molecule has 5 rings (SSSR count). The fourth-order valence-electron chi connectivity index (χ4n) is 5.57. The van der Waals surface area contributed by atoms with Crippen molar-refractivity contribution >= 4 is 5.91 Å². The molecule has 0 bridgehead atoms. The summed E-state index contributed by atoms with van der Waals surface area (Å²) < 4.78 is 2.12. The van der Waals surface area contributed by atoms with Crippen LogP contribution >= 0.6 is 0 Å². The normalized spacial score (nSPS) is 28.6. The van der Waals surface area contributed by atoms with Gasteiger partial charge in [0.15, 0.2) is 0 Å². The zero-order valence-electron chi connectivity index (χ0n) is 16.7. The smallest absolute Gasteiger partial charge is 0.226 e. The van der Waals surface area contributed by atoms with Crippen molar-refractivity contribution in [3.05, 3.63) is 54.1 Å². The molecule has 2 heterocycles. The monoisotopic (exact) mass is 378 g/mol. The van der Waals surface area contributed by atoms with E-state index in [4.69, 9.17) is 0 Å². The molecule has 3 fully saturated rings. The number of hydrogen-bond acceptors (Lipinski definition) is 3. The standard InChI is InChI=1S/C23H30N4O/c1-25-12-11-24-22(25)21(17-7-3-2-4-8-17)26-13-15-27(16-14-26)23(28)20-18-9-5-6-10-19(18)20/h2-4,7-8,11-12,18-21H,5-6,9-10,13-16H2,1H3/t18-,19-,21+/m1/s1. The van der Waals surface area contributed by atoms with Gasteiger partial charge in [0.2, 0.25) is 5.91 Å². The number of amides is 1. The van der Waals surface area contributed by atoms with E-state index < -0.39 is 0 Å². The first-order valence-electron chi connectivity index (χ1n) is 10.8. The van der Waals surface area contributed by atoms with E-state index in [9.17, 15) is 4.79 Å². The van der Waals surface area contributed by atoms with E-state index in [1.165, 1.54) is 31.2 Å². The van der Waals surface area contributed by atoms with Gasteiger partial charge in [-0.15, -0.1) is 0 Å². The summed E-state index contributed by atoms with van der Waals surface area (Å²) in [5.41, 5.74) is 1.27. The summed E-state index contributed by atoms with van der Waals surface area (Å²) in [6.07, 6.45) is 9.08. The lowest BCUT2D eigenvalue weighted by atomic mass is 10.0. The van der Waals surface area contributed by atoms with Crippen molar-refractivity contribution in [1.29, 1.82) is 0 Å². The minimum absolute atomic E-state index is 0.141. The van der Waals surface area contributed by atoms with Crippen molar-refractivity contribution in [2.24, 2.45) is 24.8 Å². The molecule has 5 nitrogen and oxygen atoms in total. The van der Waals surface area contributed by atoms with Crippen molar-refractivity contribution in [2.45, 2.75) is 31.7 Å². The van der Waals surface area contributed by atoms with Crippen LogP contribution in [0.5, 0.6) is 0 Å². The third kappa shape index (κ3) is 3.16. The van der Waals surface area contributed by atoms with Crippen LogP contribution in [-0.2, 0) is 11.8 Å². The van der Waals surface area contributed by atoms with Gasteiger partial charge in [0.25, 0.3) is 0 Å². The first-order valence-corrected chi connectivity index (χ1v) is 10.8. The van der Waals surface area contributed by atoms with Crippen LogP contribution in [0.4, 0.5) is 0 Å². The fourth-order valence-corrected chi connectivity index (χ4v) is 5.57. The van der Waals surface area contributed by atoms with Crippen molar-refractivity contribution < 1.29 is 4.79 Å². The number of hydrogen-bond donors (Lipinski definition) is 0. The van der Waals surface area contributed by atoms with Crippen LogP contribution in [0.15, 0.2) is 42.7 Å². The number of fused-ring (bicyclic) bond motifs is 1. The van der Waals surface area contributed by atoms with E-state index >= 15 is 0 Å². The summed E-state index contributed by atoms with van der Waals surface area (Å²) in [6.45, 7) is 3.48. The molecular weight excluding hydrogens is 348 g/mol. The largest absolute Gasteiger partial charge is 0.340 e. The molecule has 2 aliphatic carbocycles. The van der Waals surface area contributed by atoms with Crippen LogP contribution in [0, 0.1) is 17.8 Å². The highest BCUT2D eigenvalue weighted by Gasteiger charge is 2.55. The second kappa shape index (κ2) is 7.36. The number of carbonyl (C=O) groups is 1. The zero-order chi connectivity index (χ0) is 19.1. The molecule has 3 aliphatic rings. The third-order valence-electron chi connectivity index (χ3n) is 7.15. The maximum absolute atomic E-state index is 13.0. The lowest BCUT2D eigenvalue weighted by Gasteiger charge is -2.39. The Balaban J connectivity index is 1.29. The number of carbonyl (C=O) groups excluding carboxylic acids is 1. The molecule has 0 radical (unpaired) electrons. The molecule has 1 saturated heterocycles. The van der Waals surface area contributed by atoms with Gasteiger partial charge in [-0.25, -0.2) is 4.98 Å². The van der Waals surface area contributed by atoms with E-state index in [1.54, 1.807) is 0 Å². The van der Waals surface area contributed by atoms with E-state index in [0.717, 1.165) is 32.0 Å². The molecule has 28 heavy (non-hydrogen) atoms. The minimum Gasteiger partial charge on any atom is -0.340 e. The topological polar surface area (TPSA) is 41.4 Å². The molecule has 2 aromatic rings. The predicted molar refractivity (Wildman–Crippen MR) is 109 cm³/mol. The zero-order valence-corrected chi connectivity index (χ0v) is 16.7. The maximum Gasteiger partial charge on any atom is 0.226 e. The van der Waals surface area contributed by atoms with Gasteiger partial charge in [0, 0.05) is 51.5 Å². The molecule has 1 aromatic carbocycles. The van der Waals surface area contributed by atoms with Gasteiger partial charge in [-0.2, -0.15) is 0 Å². The Morgan fingerprint density at radius 3 is 2.32 bits per heavy atom. The molecule has 1 amide bonds.